The number of methoxy groups -OCH3 is 1. The average Bonchev–Trinajstić information content (AvgIpc) is 3.05. The molecule has 3 rings (SSSR count). The summed E-state index contributed by atoms with van der Waals surface area (Å²) in [6.45, 7) is 10.0. The van der Waals surface area contributed by atoms with Gasteiger partial charge in [-0.25, -0.2) is 0 Å². The number of hydrogen-bond acceptors (Lipinski definition) is 6. The van der Waals surface area contributed by atoms with E-state index in [1.54, 1.807) is 7.11 Å². The Morgan fingerprint density at radius 1 is 1.04 bits per heavy atom. The van der Waals surface area contributed by atoms with Crippen molar-refractivity contribution in [2.45, 2.75) is 82.8 Å². The van der Waals surface area contributed by atoms with Crippen LogP contribution in [0.15, 0.2) is 12.2 Å². The van der Waals surface area contributed by atoms with E-state index in [4.69, 9.17) is 28.4 Å². The summed E-state index contributed by atoms with van der Waals surface area (Å²) in [5, 5.41) is 0. The van der Waals surface area contributed by atoms with Gasteiger partial charge in [0.2, 0.25) is 0 Å². The van der Waals surface area contributed by atoms with E-state index in [1.165, 1.54) is 0 Å². The zero-order chi connectivity index (χ0) is 16.9. The van der Waals surface area contributed by atoms with Gasteiger partial charge in [-0.15, -0.1) is 0 Å². The van der Waals surface area contributed by atoms with Gasteiger partial charge in [0.25, 0.3) is 0 Å². The van der Waals surface area contributed by atoms with Gasteiger partial charge in [0.05, 0.1) is 6.61 Å². The summed E-state index contributed by atoms with van der Waals surface area (Å²) >= 11 is 0. The van der Waals surface area contributed by atoms with Gasteiger partial charge in [0, 0.05) is 7.11 Å². The van der Waals surface area contributed by atoms with Crippen LogP contribution in [0.25, 0.3) is 0 Å². The van der Waals surface area contributed by atoms with Crippen LogP contribution in [-0.4, -0.2) is 55.5 Å². The third-order valence-electron chi connectivity index (χ3n) is 4.72. The van der Waals surface area contributed by atoms with Crippen LogP contribution in [-0.2, 0) is 28.4 Å². The van der Waals surface area contributed by atoms with E-state index >= 15 is 0 Å². The summed E-state index contributed by atoms with van der Waals surface area (Å²) in [6, 6.07) is 0. The molecule has 3 aliphatic rings. The van der Waals surface area contributed by atoms with Gasteiger partial charge < -0.3 is 28.4 Å². The molecule has 0 N–H and O–H groups in total. The molecule has 1 unspecified atom stereocenters. The Morgan fingerprint density at radius 2 is 1.78 bits per heavy atom. The lowest BCUT2D eigenvalue weighted by molar-refractivity contribution is -0.251. The molecule has 23 heavy (non-hydrogen) atoms. The Balaban J connectivity index is 1.90. The van der Waals surface area contributed by atoms with Crippen molar-refractivity contribution in [1.82, 2.24) is 0 Å². The fourth-order valence-corrected chi connectivity index (χ4v) is 3.70. The number of hydrogen-bond donors (Lipinski definition) is 0. The molecule has 0 spiro atoms. The van der Waals surface area contributed by atoms with Crippen LogP contribution in [0.2, 0.25) is 0 Å². The zero-order valence-electron chi connectivity index (χ0n) is 14.8. The maximum atomic E-state index is 6.19. The van der Waals surface area contributed by atoms with Gasteiger partial charge >= 0.3 is 0 Å². The average molecular weight is 328 g/mol. The fraction of sp³-hybridized carbons (Fsp3) is 0.882. The Morgan fingerprint density at radius 3 is 2.35 bits per heavy atom. The quantitative estimate of drug-likeness (QED) is 0.739. The van der Waals surface area contributed by atoms with Crippen molar-refractivity contribution in [2.24, 2.45) is 0 Å². The second-order valence-electron chi connectivity index (χ2n) is 7.28. The van der Waals surface area contributed by atoms with Crippen molar-refractivity contribution in [3.63, 3.8) is 0 Å². The molecule has 3 aliphatic heterocycles. The highest BCUT2D eigenvalue weighted by molar-refractivity contribution is 5.12. The Kier molecular flexibility index (Phi) is 4.36. The van der Waals surface area contributed by atoms with E-state index in [0.29, 0.717) is 13.0 Å². The molecule has 0 aliphatic carbocycles. The zero-order valence-corrected chi connectivity index (χ0v) is 14.8. The number of ether oxygens (including phenoxy) is 6. The molecular weight excluding hydrogens is 300 g/mol. The highest BCUT2D eigenvalue weighted by Gasteiger charge is 2.66. The predicted molar refractivity (Wildman–Crippen MR) is 82.8 cm³/mol. The topological polar surface area (TPSA) is 55.4 Å². The van der Waals surface area contributed by atoms with Crippen LogP contribution in [0, 0.1) is 0 Å². The summed E-state index contributed by atoms with van der Waals surface area (Å²) in [6.07, 6.45) is 3.40. The molecule has 0 saturated carbocycles. The van der Waals surface area contributed by atoms with Gasteiger partial charge in [0.15, 0.2) is 17.9 Å². The first kappa shape index (κ1) is 17.3. The van der Waals surface area contributed by atoms with Crippen molar-refractivity contribution in [3.8, 4) is 0 Å². The second-order valence-corrected chi connectivity index (χ2v) is 7.28. The standard InChI is InChI=1S/C17H28O6/c1-7-8-9-17(18-6)12(11-10-19-15(2,3)21-11)20-14-13(17)22-16(4,5)23-14/h7-8,11-14H,9-10H2,1-6H3/b8-7-/t11?,12-,13+,14-,17-/m1/s1. The van der Waals surface area contributed by atoms with Crippen molar-refractivity contribution >= 4 is 0 Å². The summed E-state index contributed by atoms with van der Waals surface area (Å²) < 4.78 is 35.9. The molecule has 0 amide bonds. The van der Waals surface area contributed by atoms with Crippen molar-refractivity contribution in [2.75, 3.05) is 13.7 Å². The second kappa shape index (κ2) is 5.79. The highest BCUT2D eigenvalue weighted by Crippen LogP contribution is 2.49. The Labute approximate surface area is 138 Å². The van der Waals surface area contributed by atoms with E-state index in [1.807, 2.05) is 40.7 Å². The molecule has 3 heterocycles. The van der Waals surface area contributed by atoms with E-state index in [9.17, 15) is 0 Å². The normalized spacial score (nSPS) is 45.0. The molecule has 3 fully saturated rings. The largest absolute Gasteiger partial charge is 0.372 e. The number of fused-ring (bicyclic) bond motifs is 1. The summed E-state index contributed by atoms with van der Waals surface area (Å²) in [4.78, 5) is 0. The Bertz CT molecular complexity index is 474. The smallest absolute Gasteiger partial charge is 0.190 e. The maximum absolute atomic E-state index is 6.19. The molecule has 132 valence electrons. The molecule has 0 aromatic carbocycles. The summed E-state index contributed by atoms with van der Waals surface area (Å²) in [5.74, 6) is -1.31. The molecular formula is C17H28O6. The first-order valence-corrected chi connectivity index (χ1v) is 8.22. The minimum Gasteiger partial charge on any atom is -0.372 e. The van der Waals surface area contributed by atoms with Crippen LogP contribution in [0.5, 0.6) is 0 Å². The predicted octanol–water partition coefficient (Wildman–Crippen LogP) is 2.37. The number of allylic oxidation sites excluding steroid dienone is 1. The SMILES string of the molecule is C/C=C\C[C@@]1(OC)[C@@H](C2COC(C)(C)O2)O[C@@H]2OC(C)(C)O[C@@H]21. The van der Waals surface area contributed by atoms with Crippen LogP contribution in [0.4, 0.5) is 0 Å². The van der Waals surface area contributed by atoms with Gasteiger partial charge in [-0.2, -0.15) is 0 Å². The summed E-state index contributed by atoms with van der Waals surface area (Å²) in [5.41, 5.74) is -0.667. The Hall–Kier alpha value is -0.500. The van der Waals surface area contributed by atoms with Crippen molar-refractivity contribution < 1.29 is 28.4 Å². The van der Waals surface area contributed by atoms with Gasteiger partial charge in [-0.3, -0.25) is 0 Å². The summed E-state index contributed by atoms with van der Waals surface area (Å²) in [7, 11) is 1.69. The van der Waals surface area contributed by atoms with Gasteiger partial charge in [-0.05, 0) is 41.0 Å². The van der Waals surface area contributed by atoms with Gasteiger partial charge in [-0.1, -0.05) is 12.2 Å². The molecule has 6 heteroatoms. The van der Waals surface area contributed by atoms with Gasteiger partial charge in [0.1, 0.15) is 23.9 Å². The molecule has 3 saturated heterocycles. The fourth-order valence-electron chi connectivity index (χ4n) is 3.70. The van der Waals surface area contributed by atoms with Crippen LogP contribution < -0.4 is 0 Å². The highest BCUT2D eigenvalue weighted by atomic mass is 16.9. The van der Waals surface area contributed by atoms with Crippen LogP contribution in [0.1, 0.15) is 41.0 Å². The molecule has 5 atom stereocenters. The lowest BCUT2D eigenvalue weighted by Gasteiger charge is -2.38. The van der Waals surface area contributed by atoms with Crippen LogP contribution in [0.3, 0.4) is 0 Å². The third kappa shape index (κ3) is 2.97. The molecule has 6 nitrogen and oxygen atoms in total. The lowest BCUT2D eigenvalue weighted by atomic mass is 9.85. The molecule has 0 aromatic heterocycles. The molecule has 0 aromatic rings. The minimum atomic E-state index is -0.688. The van der Waals surface area contributed by atoms with E-state index in [2.05, 4.69) is 6.08 Å². The third-order valence-corrected chi connectivity index (χ3v) is 4.72. The first-order valence-electron chi connectivity index (χ1n) is 8.22. The maximum Gasteiger partial charge on any atom is 0.190 e. The van der Waals surface area contributed by atoms with Crippen LogP contribution >= 0.6 is 0 Å². The molecule has 0 radical (unpaired) electrons. The minimum absolute atomic E-state index is 0.226. The number of rotatable bonds is 4. The van der Waals surface area contributed by atoms with Crippen molar-refractivity contribution in [3.05, 3.63) is 12.2 Å². The van der Waals surface area contributed by atoms with E-state index in [0.717, 1.165) is 0 Å². The lowest BCUT2D eigenvalue weighted by Crippen LogP contribution is -2.55. The first-order chi connectivity index (χ1) is 10.7. The monoisotopic (exact) mass is 328 g/mol. The van der Waals surface area contributed by atoms with E-state index < -0.39 is 23.5 Å². The van der Waals surface area contributed by atoms with Crippen molar-refractivity contribution in [1.29, 1.82) is 0 Å². The molecule has 0 bridgehead atoms. The van der Waals surface area contributed by atoms with E-state index in [-0.39, 0.29) is 18.3 Å².